The summed E-state index contributed by atoms with van der Waals surface area (Å²) in [6.45, 7) is 3.12. The molecule has 6 heteroatoms. The van der Waals surface area contributed by atoms with Crippen molar-refractivity contribution in [1.29, 1.82) is 0 Å². The van der Waals surface area contributed by atoms with E-state index >= 15 is 0 Å². The summed E-state index contributed by atoms with van der Waals surface area (Å²) >= 11 is 0. The second kappa shape index (κ2) is 4.71. The minimum Gasteiger partial charge on any atom is -0.480 e. The van der Waals surface area contributed by atoms with Crippen molar-refractivity contribution in [3.63, 3.8) is 0 Å². The van der Waals surface area contributed by atoms with Crippen LogP contribution in [0.15, 0.2) is 0 Å². The third-order valence-electron chi connectivity index (χ3n) is 3.03. The Kier molecular flexibility index (Phi) is 3.96. The molecule has 0 bridgehead atoms. The lowest BCUT2D eigenvalue weighted by molar-refractivity contribution is -0.139. The predicted octanol–water partition coefficient (Wildman–Crippen LogP) is 0.834. The molecular formula is C10H18O5S. The molecule has 0 aromatic rings. The van der Waals surface area contributed by atoms with Crippen LogP contribution >= 0.6 is 0 Å². The first-order valence-electron chi connectivity index (χ1n) is 5.34. The molecule has 0 amide bonds. The molecule has 0 aromatic heterocycles. The molecule has 94 valence electrons. The quantitative estimate of drug-likeness (QED) is 0.781. The minimum atomic E-state index is -3.63. The van der Waals surface area contributed by atoms with Gasteiger partial charge in [-0.15, -0.1) is 0 Å². The summed E-state index contributed by atoms with van der Waals surface area (Å²) in [5, 5.41) is 8.86. The van der Waals surface area contributed by atoms with E-state index in [1.165, 1.54) is 13.8 Å². The predicted molar refractivity (Wildman–Crippen MR) is 59.1 cm³/mol. The van der Waals surface area contributed by atoms with E-state index < -0.39 is 20.6 Å². The van der Waals surface area contributed by atoms with Crippen LogP contribution in [-0.4, -0.2) is 42.7 Å². The van der Waals surface area contributed by atoms with Crippen molar-refractivity contribution in [2.24, 2.45) is 0 Å². The summed E-state index contributed by atoms with van der Waals surface area (Å²) in [4.78, 5) is 10.9. The number of sulfone groups is 1. The van der Waals surface area contributed by atoms with E-state index in [4.69, 9.17) is 9.84 Å². The normalized spacial score (nSPS) is 22.2. The Morgan fingerprint density at radius 1 is 1.50 bits per heavy atom. The van der Waals surface area contributed by atoms with E-state index in [-0.39, 0.29) is 11.9 Å². The topological polar surface area (TPSA) is 80.7 Å². The smallest absolute Gasteiger partial charge is 0.324 e. The second-order valence-corrected chi connectivity index (χ2v) is 7.22. The monoisotopic (exact) mass is 250 g/mol. The Balaban J connectivity index is 2.61. The van der Waals surface area contributed by atoms with E-state index in [2.05, 4.69) is 0 Å². The van der Waals surface area contributed by atoms with Gasteiger partial charge >= 0.3 is 5.97 Å². The second-order valence-electron chi connectivity index (χ2n) is 4.56. The maximum atomic E-state index is 11.8. The fourth-order valence-corrected chi connectivity index (χ4v) is 2.90. The van der Waals surface area contributed by atoms with E-state index in [0.717, 1.165) is 12.8 Å². The van der Waals surface area contributed by atoms with Crippen LogP contribution in [0.1, 0.15) is 33.1 Å². The van der Waals surface area contributed by atoms with Crippen LogP contribution < -0.4 is 0 Å². The van der Waals surface area contributed by atoms with Crippen molar-refractivity contribution in [2.45, 2.75) is 44.0 Å². The third-order valence-corrected chi connectivity index (χ3v) is 5.53. The van der Waals surface area contributed by atoms with Crippen molar-refractivity contribution in [1.82, 2.24) is 0 Å². The van der Waals surface area contributed by atoms with Crippen molar-refractivity contribution >= 4 is 15.8 Å². The first-order valence-corrected chi connectivity index (χ1v) is 7.00. The number of aliphatic carboxylic acids is 1. The largest absolute Gasteiger partial charge is 0.480 e. The molecule has 16 heavy (non-hydrogen) atoms. The van der Waals surface area contributed by atoms with Crippen molar-refractivity contribution < 1.29 is 23.1 Å². The highest BCUT2D eigenvalue weighted by Gasteiger charge is 2.41. The highest BCUT2D eigenvalue weighted by Crippen LogP contribution is 2.22. The molecule has 1 fully saturated rings. The fraction of sp³-hybridized carbons (Fsp3) is 0.900. The lowest BCUT2D eigenvalue weighted by Crippen LogP contribution is -2.42. The maximum Gasteiger partial charge on any atom is 0.324 e. The molecule has 1 aliphatic heterocycles. The van der Waals surface area contributed by atoms with E-state index in [9.17, 15) is 13.2 Å². The molecule has 1 aliphatic rings. The zero-order valence-electron chi connectivity index (χ0n) is 9.60. The maximum absolute atomic E-state index is 11.8. The van der Waals surface area contributed by atoms with Gasteiger partial charge in [-0.1, -0.05) is 0 Å². The standard InChI is InChI=1S/C10H18O5S/c1-10(2,9(11)12)16(13,14)7-5-8-4-3-6-15-8/h8H,3-7H2,1-2H3,(H,11,12). The molecule has 1 heterocycles. The zero-order valence-corrected chi connectivity index (χ0v) is 10.4. The molecular weight excluding hydrogens is 232 g/mol. The molecule has 0 aliphatic carbocycles. The van der Waals surface area contributed by atoms with Gasteiger partial charge < -0.3 is 9.84 Å². The number of carboxylic acid groups (broad SMARTS) is 1. The molecule has 1 rings (SSSR count). The highest BCUT2D eigenvalue weighted by molar-refractivity contribution is 7.93. The lowest BCUT2D eigenvalue weighted by Gasteiger charge is -2.20. The number of hydrogen-bond acceptors (Lipinski definition) is 4. The molecule has 0 spiro atoms. The van der Waals surface area contributed by atoms with E-state index in [1.54, 1.807) is 0 Å². The Bertz CT molecular complexity index is 351. The number of ether oxygens (including phenoxy) is 1. The van der Waals surface area contributed by atoms with Crippen LogP contribution in [0.5, 0.6) is 0 Å². The summed E-state index contributed by atoms with van der Waals surface area (Å²) in [7, 11) is -3.63. The zero-order chi connectivity index (χ0) is 12.4. The number of rotatable bonds is 5. The molecule has 0 aromatic carbocycles. The van der Waals surface area contributed by atoms with Gasteiger partial charge in [0.1, 0.15) is 0 Å². The summed E-state index contributed by atoms with van der Waals surface area (Å²) < 4.78 is 27.2. The van der Waals surface area contributed by atoms with E-state index in [0.29, 0.717) is 13.0 Å². The van der Waals surface area contributed by atoms with Crippen molar-refractivity contribution in [2.75, 3.05) is 12.4 Å². The van der Waals surface area contributed by atoms with Gasteiger partial charge in [-0.25, -0.2) is 8.42 Å². The van der Waals surface area contributed by atoms with Gasteiger partial charge in [0.25, 0.3) is 0 Å². The first kappa shape index (κ1) is 13.4. The van der Waals surface area contributed by atoms with Gasteiger partial charge in [-0.2, -0.15) is 0 Å². The van der Waals surface area contributed by atoms with Crippen LogP contribution in [0.3, 0.4) is 0 Å². The SMILES string of the molecule is CC(C)(C(=O)O)S(=O)(=O)CCC1CCCO1. The van der Waals surface area contributed by atoms with Crippen molar-refractivity contribution in [3.05, 3.63) is 0 Å². The Morgan fingerprint density at radius 3 is 2.56 bits per heavy atom. The van der Waals surface area contributed by atoms with Crippen LogP contribution in [0, 0.1) is 0 Å². The molecule has 1 atom stereocenters. The average molecular weight is 250 g/mol. The van der Waals surface area contributed by atoms with Gasteiger partial charge in [0, 0.05) is 6.61 Å². The third kappa shape index (κ3) is 2.74. The summed E-state index contributed by atoms with van der Waals surface area (Å²) in [5.41, 5.74) is 0. The van der Waals surface area contributed by atoms with Crippen LogP contribution in [-0.2, 0) is 19.4 Å². The van der Waals surface area contributed by atoms with Crippen LogP contribution in [0.4, 0.5) is 0 Å². The summed E-state index contributed by atoms with van der Waals surface area (Å²) in [6, 6.07) is 0. The fourth-order valence-electron chi connectivity index (χ4n) is 1.55. The van der Waals surface area contributed by atoms with Gasteiger partial charge in [-0.3, -0.25) is 4.79 Å². The summed E-state index contributed by atoms with van der Waals surface area (Å²) in [5.74, 6) is -1.43. The summed E-state index contributed by atoms with van der Waals surface area (Å²) in [6.07, 6.45) is 2.18. The number of hydrogen-bond donors (Lipinski definition) is 1. The lowest BCUT2D eigenvalue weighted by atomic mass is 10.2. The minimum absolute atomic E-state index is 0.0284. The molecule has 1 saturated heterocycles. The van der Waals surface area contributed by atoms with Crippen LogP contribution in [0.25, 0.3) is 0 Å². The van der Waals surface area contributed by atoms with Crippen LogP contribution in [0.2, 0.25) is 0 Å². The Morgan fingerprint density at radius 2 is 2.12 bits per heavy atom. The van der Waals surface area contributed by atoms with E-state index in [1.807, 2.05) is 0 Å². The van der Waals surface area contributed by atoms with Gasteiger partial charge in [0.2, 0.25) is 0 Å². The molecule has 5 nitrogen and oxygen atoms in total. The molecule has 1 unspecified atom stereocenters. The number of carbonyl (C=O) groups is 1. The Hall–Kier alpha value is -0.620. The van der Waals surface area contributed by atoms with Gasteiger partial charge in [-0.05, 0) is 33.1 Å². The molecule has 0 saturated carbocycles. The Labute approximate surface area is 95.7 Å². The molecule has 0 radical (unpaired) electrons. The highest BCUT2D eigenvalue weighted by atomic mass is 32.2. The first-order chi connectivity index (χ1) is 7.27. The average Bonchev–Trinajstić information content (AvgIpc) is 2.66. The van der Waals surface area contributed by atoms with Gasteiger partial charge in [0.05, 0.1) is 11.9 Å². The van der Waals surface area contributed by atoms with Gasteiger partial charge in [0.15, 0.2) is 14.6 Å². The van der Waals surface area contributed by atoms with Crippen molar-refractivity contribution in [3.8, 4) is 0 Å². The number of carboxylic acids is 1. The molecule has 1 N–H and O–H groups in total.